The second-order valence-corrected chi connectivity index (χ2v) is 7.28. The molecule has 4 nitrogen and oxygen atoms in total. The van der Waals surface area contributed by atoms with Crippen LogP contribution in [0.2, 0.25) is 0 Å². The van der Waals surface area contributed by atoms with Gasteiger partial charge >= 0.3 is 5.97 Å². The fraction of sp³-hybridized carbons (Fsp3) is 0.450. The van der Waals surface area contributed by atoms with E-state index in [1.807, 2.05) is 0 Å². The first-order valence-corrected chi connectivity index (χ1v) is 8.81. The van der Waals surface area contributed by atoms with Gasteiger partial charge in [0, 0.05) is 29.2 Å². The smallest absolute Gasteiger partial charge is 0.310 e. The van der Waals surface area contributed by atoms with Crippen LogP contribution >= 0.6 is 0 Å². The van der Waals surface area contributed by atoms with Gasteiger partial charge in [-0.1, -0.05) is 29.8 Å². The van der Waals surface area contributed by atoms with Crippen LogP contribution in [0, 0.1) is 11.8 Å². The molecule has 1 aromatic carbocycles. The average Bonchev–Trinajstić information content (AvgIpc) is 2.99. The highest BCUT2D eigenvalue weighted by Gasteiger charge is 2.55. The fourth-order valence-electron chi connectivity index (χ4n) is 5.39. The molecule has 3 fully saturated rings. The summed E-state index contributed by atoms with van der Waals surface area (Å²) in [7, 11) is 1.52. The maximum Gasteiger partial charge on any atom is 0.310 e. The third-order valence-electron chi connectivity index (χ3n) is 6.43. The Balaban J connectivity index is 1.67. The Labute approximate surface area is 141 Å². The van der Waals surface area contributed by atoms with Crippen LogP contribution < -0.4 is 0 Å². The largest absolute Gasteiger partial charge is 0.469 e. The van der Waals surface area contributed by atoms with Gasteiger partial charge in [-0.15, -0.1) is 0 Å². The van der Waals surface area contributed by atoms with Crippen molar-refractivity contribution in [2.75, 3.05) is 13.7 Å². The molecular weight excluding hydrogens is 300 g/mol. The van der Waals surface area contributed by atoms with Crippen LogP contribution in [-0.4, -0.2) is 35.5 Å². The minimum absolute atomic E-state index is 0.0342. The average molecular weight is 322 g/mol. The van der Waals surface area contributed by atoms with Crippen molar-refractivity contribution in [1.82, 2.24) is 9.88 Å². The Morgan fingerprint density at radius 3 is 3.00 bits per heavy atom. The van der Waals surface area contributed by atoms with E-state index in [1.165, 1.54) is 34.8 Å². The molecule has 1 N–H and O–H groups in total. The summed E-state index contributed by atoms with van der Waals surface area (Å²) in [6.45, 7) is 3.08. The van der Waals surface area contributed by atoms with Crippen LogP contribution in [0.5, 0.6) is 0 Å². The predicted octanol–water partition coefficient (Wildman–Crippen LogP) is 3.20. The molecule has 0 amide bonds. The standard InChI is InChI=1S/C20H22N2O2/c1-3-11-10-22-16-9-14-12-6-4-5-7-15(12)21-19(14)17(22)8-13(11)18(16)20(23)24-2/h3-7,13,16-18,21H,8-10H2,1-2H3/t13-,16-,17+,18-/m1/s1. The number of para-hydroxylation sites is 1. The van der Waals surface area contributed by atoms with Crippen molar-refractivity contribution in [2.45, 2.75) is 31.8 Å². The summed E-state index contributed by atoms with van der Waals surface area (Å²) < 4.78 is 5.18. The van der Waals surface area contributed by atoms with Crippen LogP contribution in [0.25, 0.3) is 10.9 Å². The molecule has 0 spiro atoms. The molecule has 1 unspecified atom stereocenters. The maximum absolute atomic E-state index is 12.5. The number of nitrogens with one attached hydrogen (secondary N) is 1. The van der Waals surface area contributed by atoms with Gasteiger partial charge < -0.3 is 9.72 Å². The first kappa shape index (κ1) is 14.3. The summed E-state index contributed by atoms with van der Waals surface area (Å²) in [6, 6.07) is 9.20. The number of fused-ring (bicyclic) bond motifs is 4. The van der Waals surface area contributed by atoms with E-state index in [0.29, 0.717) is 12.0 Å². The molecule has 3 saturated heterocycles. The van der Waals surface area contributed by atoms with E-state index in [1.54, 1.807) is 0 Å². The van der Waals surface area contributed by atoms with Gasteiger partial charge in [-0.3, -0.25) is 9.69 Å². The molecular formula is C20H22N2O2. The van der Waals surface area contributed by atoms with Crippen LogP contribution in [0.3, 0.4) is 0 Å². The number of nitrogens with zero attached hydrogens (tertiary/aromatic N) is 1. The first-order valence-electron chi connectivity index (χ1n) is 8.81. The summed E-state index contributed by atoms with van der Waals surface area (Å²) in [5.74, 6) is 0.241. The Morgan fingerprint density at radius 2 is 2.21 bits per heavy atom. The number of esters is 1. The van der Waals surface area contributed by atoms with Crippen molar-refractivity contribution in [3.8, 4) is 0 Å². The maximum atomic E-state index is 12.5. The number of H-pyrrole nitrogens is 1. The van der Waals surface area contributed by atoms with Crippen LogP contribution in [0.15, 0.2) is 35.9 Å². The van der Waals surface area contributed by atoms with E-state index in [-0.39, 0.29) is 17.9 Å². The number of hydrogen-bond acceptors (Lipinski definition) is 3. The number of carbonyl (C=O) groups excluding carboxylic acids is 1. The summed E-state index contributed by atoms with van der Waals surface area (Å²) in [5, 5.41) is 1.32. The van der Waals surface area contributed by atoms with E-state index in [9.17, 15) is 4.79 Å². The van der Waals surface area contributed by atoms with Crippen LogP contribution in [-0.2, 0) is 16.0 Å². The number of aromatic amines is 1. The molecule has 1 aromatic heterocycles. The number of hydrogen-bond donors (Lipinski definition) is 1. The molecule has 4 heteroatoms. The van der Waals surface area contributed by atoms with Gasteiger partial charge in [0.05, 0.1) is 19.1 Å². The second kappa shape index (κ2) is 4.96. The highest BCUT2D eigenvalue weighted by molar-refractivity contribution is 5.86. The molecule has 0 radical (unpaired) electrons. The van der Waals surface area contributed by atoms with E-state index < -0.39 is 0 Å². The lowest BCUT2D eigenvalue weighted by atomic mass is 9.64. The highest BCUT2D eigenvalue weighted by Crippen LogP contribution is 2.54. The summed E-state index contributed by atoms with van der Waals surface area (Å²) in [6.07, 6.45) is 4.15. The Morgan fingerprint density at radius 1 is 1.38 bits per heavy atom. The number of rotatable bonds is 1. The molecule has 0 saturated carbocycles. The van der Waals surface area contributed by atoms with Gasteiger partial charge in [-0.05, 0) is 37.3 Å². The van der Waals surface area contributed by atoms with Gasteiger partial charge in [-0.2, -0.15) is 0 Å². The Kier molecular flexibility index (Phi) is 2.95. The van der Waals surface area contributed by atoms with Gasteiger partial charge in [-0.25, -0.2) is 0 Å². The molecule has 5 heterocycles. The lowest BCUT2D eigenvalue weighted by Crippen LogP contribution is -2.62. The Bertz CT molecular complexity index is 866. The number of ether oxygens (including phenoxy) is 1. The van der Waals surface area contributed by atoms with E-state index in [4.69, 9.17) is 4.74 Å². The van der Waals surface area contributed by atoms with Crippen molar-refractivity contribution in [1.29, 1.82) is 0 Å². The van der Waals surface area contributed by atoms with Crippen LogP contribution in [0.1, 0.15) is 30.6 Å². The van der Waals surface area contributed by atoms with Crippen molar-refractivity contribution < 1.29 is 9.53 Å². The van der Waals surface area contributed by atoms with Crippen molar-refractivity contribution in [3.05, 3.63) is 47.2 Å². The van der Waals surface area contributed by atoms with E-state index in [0.717, 1.165) is 19.4 Å². The second-order valence-electron chi connectivity index (χ2n) is 7.28. The zero-order chi connectivity index (χ0) is 16.4. The molecule has 24 heavy (non-hydrogen) atoms. The lowest BCUT2D eigenvalue weighted by Gasteiger charge is -2.57. The summed E-state index contributed by atoms with van der Waals surface area (Å²) >= 11 is 0. The highest BCUT2D eigenvalue weighted by atomic mass is 16.5. The van der Waals surface area contributed by atoms with Gasteiger partial charge in [0.2, 0.25) is 0 Å². The SMILES string of the molecule is CC=C1CN2[C@@H]3Cc4c([nH]c5ccccc45)[C@@H]2C[C@H]1[C@H]3C(=O)OC. The molecule has 4 aliphatic rings. The van der Waals surface area contributed by atoms with Crippen molar-refractivity contribution in [3.63, 3.8) is 0 Å². The van der Waals surface area contributed by atoms with Crippen LogP contribution in [0.4, 0.5) is 0 Å². The molecule has 6 rings (SSSR count). The van der Waals surface area contributed by atoms with E-state index in [2.05, 4.69) is 47.1 Å². The summed E-state index contributed by atoms with van der Waals surface area (Å²) in [4.78, 5) is 18.8. The number of methoxy groups -OCH3 is 1. The topological polar surface area (TPSA) is 45.3 Å². The summed E-state index contributed by atoms with van der Waals surface area (Å²) in [5.41, 5.74) is 5.40. The number of allylic oxidation sites excluding steroid dienone is 1. The molecule has 0 aliphatic carbocycles. The molecule has 5 atom stereocenters. The third-order valence-corrected chi connectivity index (χ3v) is 6.43. The molecule has 2 aromatic rings. The van der Waals surface area contributed by atoms with Crippen molar-refractivity contribution >= 4 is 16.9 Å². The third kappa shape index (κ3) is 1.69. The van der Waals surface area contributed by atoms with E-state index >= 15 is 0 Å². The quantitative estimate of drug-likeness (QED) is 0.648. The zero-order valence-corrected chi connectivity index (χ0v) is 14.1. The molecule has 4 aliphatic heterocycles. The minimum Gasteiger partial charge on any atom is -0.469 e. The normalized spacial score (nSPS) is 35.2. The van der Waals surface area contributed by atoms with Crippen molar-refractivity contribution in [2.24, 2.45) is 11.8 Å². The van der Waals surface area contributed by atoms with Gasteiger partial charge in [0.25, 0.3) is 0 Å². The molecule has 124 valence electrons. The monoisotopic (exact) mass is 322 g/mol. The fourth-order valence-corrected chi connectivity index (χ4v) is 5.39. The Hall–Kier alpha value is -2.07. The molecule has 4 bridgehead atoms. The zero-order valence-electron chi connectivity index (χ0n) is 14.1. The lowest BCUT2D eigenvalue weighted by molar-refractivity contribution is -0.157. The number of piperidine rings is 3. The number of benzene rings is 1. The number of aromatic nitrogens is 1. The first-order chi connectivity index (χ1) is 11.7. The van der Waals surface area contributed by atoms with Gasteiger partial charge in [0.1, 0.15) is 0 Å². The number of carbonyl (C=O) groups is 1. The minimum atomic E-state index is -0.0456. The van der Waals surface area contributed by atoms with Gasteiger partial charge in [0.15, 0.2) is 0 Å². The predicted molar refractivity (Wildman–Crippen MR) is 92.6 cm³/mol.